The van der Waals surface area contributed by atoms with E-state index in [-0.39, 0.29) is 5.56 Å². The topological polar surface area (TPSA) is 72.2 Å². The molecule has 0 radical (unpaired) electrons. The number of hydrogen-bond acceptors (Lipinski definition) is 2. The monoisotopic (exact) mass is 232 g/mol. The van der Waals surface area contributed by atoms with E-state index >= 15 is 0 Å². The van der Waals surface area contributed by atoms with Gasteiger partial charge in [-0.05, 0) is 24.3 Å². The smallest absolute Gasteiger partial charge is 0.351 e. The summed E-state index contributed by atoms with van der Waals surface area (Å²) in [5.74, 6) is -0.846. The Morgan fingerprint density at radius 1 is 1.12 bits per heavy atom. The number of nitrogens with one attached hydrogen (secondary N) is 1. The normalized spacial score (nSPS) is 10.9. The predicted molar refractivity (Wildman–Crippen MR) is 48.5 cm³/mol. The molecule has 0 saturated heterocycles. The summed E-state index contributed by atoms with van der Waals surface area (Å²) in [4.78, 5) is 21.4. The third-order valence-electron chi connectivity index (χ3n) is 1.71. The van der Waals surface area contributed by atoms with Crippen LogP contribution in [0.15, 0.2) is 24.3 Å². The quantitative estimate of drug-likeness (QED) is 0.770. The van der Waals surface area contributed by atoms with E-state index in [9.17, 15) is 22.8 Å². The predicted octanol–water partition coefficient (Wildman–Crippen LogP) is 1.51. The van der Waals surface area contributed by atoms with Crippen LogP contribution in [0.1, 0.15) is 15.9 Å². The van der Waals surface area contributed by atoms with Gasteiger partial charge in [0.1, 0.15) is 0 Å². The number of carbonyl (C=O) groups is 2. The molecule has 0 aliphatic carbocycles. The van der Waals surface area contributed by atoms with Crippen molar-refractivity contribution < 1.29 is 22.8 Å². The minimum absolute atomic E-state index is 0.0770. The minimum atomic E-state index is -4.46. The van der Waals surface area contributed by atoms with Crippen molar-refractivity contribution in [1.29, 1.82) is 0 Å². The van der Waals surface area contributed by atoms with Crippen LogP contribution in [0.5, 0.6) is 0 Å². The summed E-state index contributed by atoms with van der Waals surface area (Å²) >= 11 is 0. The molecule has 0 unspecified atom stereocenters. The molecule has 1 aromatic carbocycles. The zero-order valence-corrected chi connectivity index (χ0v) is 7.84. The highest BCUT2D eigenvalue weighted by Crippen LogP contribution is 2.28. The number of amides is 3. The molecule has 1 rings (SSSR count). The number of alkyl halides is 3. The molecular weight excluding hydrogens is 225 g/mol. The van der Waals surface area contributed by atoms with Gasteiger partial charge < -0.3 is 5.73 Å². The van der Waals surface area contributed by atoms with Crippen molar-refractivity contribution in [2.75, 3.05) is 0 Å². The molecule has 0 aliphatic heterocycles. The second-order valence-electron chi connectivity index (χ2n) is 2.89. The fraction of sp³-hybridized carbons (Fsp3) is 0.111. The van der Waals surface area contributed by atoms with E-state index in [4.69, 9.17) is 0 Å². The maximum absolute atomic E-state index is 12.2. The molecule has 16 heavy (non-hydrogen) atoms. The lowest BCUT2D eigenvalue weighted by molar-refractivity contribution is -0.137. The van der Waals surface area contributed by atoms with Crippen LogP contribution in [0.3, 0.4) is 0 Å². The first-order valence-corrected chi connectivity index (χ1v) is 4.09. The second-order valence-corrected chi connectivity index (χ2v) is 2.89. The largest absolute Gasteiger partial charge is 0.416 e. The zero-order chi connectivity index (χ0) is 12.3. The first-order valence-electron chi connectivity index (χ1n) is 4.09. The van der Waals surface area contributed by atoms with Gasteiger partial charge in [0.05, 0.1) is 5.56 Å². The van der Waals surface area contributed by atoms with Gasteiger partial charge in [0.25, 0.3) is 5.91 Å². The van der Waals surface area contributed by atoms with Crippen molar-refractivity contribution in [3.8, 4) is 0 Å². The van der Waals surface area contributed by atoms with Crippen molar-refractivity contribution in [2.24, 2.45) is 5.73 Å². The van der Waals surface area contributed by atoms with E-state index in [1.807, 2.05) is 0 Å². The zero-order valence-electron chi connectivity index (χ0n) is 7.84. The fourth-order valence-corrected chi connectivity index (χ4v) is 0.995. The molecule has 0 heterocycles. The molecule has 3 amide bonds. The van der Waals surface area contributed by atoms with Crippen LogP contribution in [0.25, 0.3) is 0 Å². The summed E-state index contributed by atoms with van der Waals surface area (Å²) in [5, 5.41) is 1.74. The molecule has 0 fully saturated rings. The lowest BCUT2D eigenvalue weighted by Crippen LogP contribution is -2.34. The van der Waals surface area contributed by atoms with Gasteiger partial charge >= 0.3 is 12.2 Å². The van der Waals surface area contributed by atoms with E-state index in [1.54, 1.807) is 5.32 Å². The number of carbonyl (C=O) groups excluding carboxylic acids is 2. The second kappa shape index (κ2) is 4.21. The summed E-state index contributed by atoms with van der Waals surface area (Å²) in [5.41, 5.74) is 3.73. The van der Waals surface area contributed by atoms with Crippen LogP contribution in [0, 0.1) is 0 Å². The van der Waals surface area contributed by atoms with Crippen molar-refractivity contribution in [3.05, 3.63) is 35.4 Å². The number of imide groups is 1. The molecule has 3 N–H and O–H groups in total. The molecular formula is C9H7F3N2O2. The Bertz CT molecular complexity index is 412. The maximum atomic E-state index is 12.2. The van der Waals surface area contributed by atoms with Crippen molar-refractivity contribution in [1.82, 2.24) is 5.32 Å². The van der Waals surface area contributed by atoms with Crippen LogP contribution in [-0.4, -0.2) is 11.9 Å². The van der Waals surface area contributed by atoms with Gasteiger partial charge in [0, 0.05) is 5.56 Å². The standard InChI is InChI=1S/C9H7F3N2O2/c10-9(11,12)6-3-1-5(2-4-6)7(15)14-8(13)16/h1-4H,(H3,13,14,15,16). The number of halogens is 3. The van der Waals surface area contributed by atoms with E-state index in [2.05, 4.69) is 5.73 Å². The van der Waals surface area contributed by atoms with Gasteiger partial charge in [-0.3, -0.25) is 10.1 Å². The Morgan fingerprint density at radius 3 is 2.00 bits per heavy atom. The number of rotatable bonds is 1. The van der Waals surface area contributed by atoms with Gasteiger partial charge in [-0.25, -0.2) is 4.79 Å². The summed E-state index contributed by atoms with van der Waals surface area (Å²) in [6.45, 7) is 0. The van der Waals surface area contributed by atoms with Crippen LogP contribution in [0.4, 0.5) is 18.0 Å². The fourth-order valence-electron chi connectivity index (χ4n) is 0.995. The average molecular weight is 232 g/mol. The SMILES string of the molecule is NC(=O)NC(=O)c1ccc(C(F)(F)F)cc1. The number of nitrogens with two attached hydrogens (primary N) is 1. The Morgan fingerprint density at radius 2 is 1.62 bits per heavy atom. The van der Waals surface area contributed by atoms with Crippen LogP contribution in [0.2, 0.25) is 0 Å². The van der Waals surface area contributed by atoms with E-state index in [0.29, 0.717) is 0 Å². The van der Waals surface area contributed by atoms with Crippen LogP contribution in [-0.2, 0) is 6.18 Å². The van der Waals surface area contributed by atoms with Crippen LogP contribution < -0.4 is 11.1 Å². The number of urea groups is 1. The highest BCUT2D eigenvalue weighted by atomic mass is 19.4. The van der Waals surface area contributed by atoms with Gasteiger partial charge in [-0.2, -0.15) is 13.2 Å². The number of hydrogen-bond donors (Lipinski definition) is 2. The lowest BCUT2D eigenvalue weighted by atomic mass is 10.1. The van der Waals surface area contributed by atoms with E-state index < -0.39 is 23.7 Å². The Hall–Kier alpha value is -2.05. The molecule has 7 heteroatoms. The summed E-state index contributed by atoms with van der Waals surface area (Å²) in [6, 6.07) is 2.35. The third kappa shape index (κ3) is 2.97. The number of benzene rings is 1. The molecule has 0 spiro atoms. The Balaban J connectivity index is 2.87. The van der Waals surface area contributed by atoms with Gasteiger partial charge in [0.15, 0.2) is 0 Å². The first kappa shape index (κ1) is 12.0. The summed E-state index contributed by atoms with van der Waals surface area (Å²) < 4.78 is 36.5. The molecule has 0 bridgehead atoms. The van der Waals surface area contributed by atoms with E-state index in [1.165, 1.54) is 0 Å². The van der Waals surface area contributed by atoms with E-state index in [0.717, 1.165) is 24.3 Å². The molecule has 86 valence electrons. The maximum Gasteiger partial charge on any atom is 0.416 e. The molecule has 0 aromatic heterocycles. The van der Waals surface area contributed by atoms with Crippen molar-refractivity contribution >= 4 is 11.9 Å². The minimum Gasteiger partial charge on any atom is -0.351 e. The third-order valence-corrected chi connectivity index (χ3v) is 1.71. The highest BCUT2D eigenvalue weighted by Gasteiger charge is 2.30. The van der Waals surface area contributed by atoms with Gasteiger partial charge in [0.2, 0.25) is 0 Å². The lowest BCUT2D eigenvalue weighted by Gasteiger charge is -2.06. The highest BCUT2D eigenvalue weighted by molar-refractivity contribution is 6.03. The van der Waals surface area contributed by atoms with Crippen molar-refractivity contribution in [3.63, 3.8) is 0 Å². The molecule has 1 aromatic rings. The molecule has 0 aliphatic rings. The van der Waals surface area contributed by atoms with Gasteiger partial charge in [-0.15, -0.1) is 0 Å². The van der Waals surface area contributed by atoms with Crippen molar-refractivity contribution in [2.45, 2.75) is 6.18 Å². The molecule has 4 nitrogen and oxygen atoms in total. The average Bonchev–Trinajstić information content (AvgIpc) is 2.15. The Kier molecular flexibility index (Phi) is 3.17. The summed E-state index contributed by atoms with van der Waals surface area (Å²) in [7, 11) is 0. The number of primary amides is 1. The molecule has 0 saturated carbocycles. The van der Waals surface area contributed by atoms with Crippen LogP contribution >= 0.6 is 0 Å². The first-order chi connectivity index (χ1) is 7.30. The Labute approximate surface area is 88.2 Å². The molecule has 0 atom stereocenters. The summed E-state index contributed by atoms with van der Waals surface area (Å²) in [6.07, 6.45) is -4.46. The van der Waals surface area contributed by atoms with Gasteiger partial charge in [-0.1, -0.05) is 0 Å².